The molecule has 26 heavy (non-hydrogen) atoms. The lowest BCUT2D eigenvalue weighted by Gasteiger charge is -2.25. The van der Waals surface area contributed by atoms with Crippen LogP contribution >= 0.6 is 7.60 Å². The second-order valence-corrected chi connectivity index (χ2v) is 7.55. The minimum atomic E-state index is -4.65. The molecular weight excluding hydrogens is 372 g/mol. The zero-order valence-corrected chi connectivity index (χ0v) is 15.9. The van der Waals surface area contributed by atoms with Gasteiger partial charge in [0, 0.05) is 12.0 Å². The van der Waals surface area contributed by atoms with E-state index in [-0.39, 0.29) is 25.2 Å². The summed E-state index contributed by atoms with van der Waals surface area (Å²) in [5.74, 6) is -0.672. The van der Waals surface area contributed by atoms with Gasteiger partial charge in [0.05, 0.1) is 24.9 Å². The summed E-state index contributed by atoms with van der Waals surface area (Å²) >= 11 is 0. The minimum Gasteiger partial charge on any atom is -0.457 e. The molecule has 0 fully saturated rings. The fraction of sp³-hybridized carbons (Fsp3) is 0.588. The normalized spacial score (nSPS) is 13.5. The highest BCUT2D eigenvalue weighted by Crippen LogP contribution is 2.52. The second kappa shape index (κ2) is 10.1. The van der Waals surface area contributed by atoms with Crippen LogP contribution in [-0.4, -0.2) is 25.3 Å². The third kappa shape index (κ3) is 6.74. The molecule has 0 aliphatic heterocycles. The molecular formula is C17H24F3O5P. The Hall–Kier alpha value is -1.37. The lowest BCUT2D eigenvalue weighted by Crippen LogP contribution is -2.20. The molecule has 0 aliphatic carbocycles. The number of carbonyl (C=O) groups excluding carboxylic acids is 1. The lowest BCUT2D eigenvalue weighted by molar-refractivity contribution is -0.151. The number of hydrogen-bond acceptors (Lipinski definition) is 5. The molecule has 1 aromatic carbocycles. The van der Waals surface area contributed by atoms with Gasteiger partial charge in [-0.1, -0.05) is 25.1 Å². The molecule has 5 nitrogen and oxygen atoms in total. The van der Waals surface area contributed by atoms with Gasteiger partial charge in [0.25, 0.3) is 0 Å². The predicted molar refractivity (Wildman–Crippen MR) is 90.9 cm³/mol. The van der Waals surface area contributed by atoms with Crippen molar-refractivity contribution in [1.82, 2.24) is 0 Å². The van der Waals surface area contributed by atoms with Gasteiger partial charge in [-0.3, -0.25) is 9.36 Å². The fourth-order valence-electron chi connectivity index (χ4n) is 2.40. The summed E-state index contributed by atoms with van der Waals surface area (Å²) in [7, 11) is -3.73. The molecule has 1 rings (SSSR count). The maximum atomic E-state index is 13.4. The van der Waals surface area contributed by atoms with Crippen molar-refractivity contribution in [2.75, 3.05) is 19.4 Å². The Morgan fingerprint density at radius 1 is 1.12 bits per heavy atom. The van der Waals surface area contributed by atoms with Crippen LogP contribution in [0.4, 0.5) is 13.2 Å². The van der Waals surface area contributed by atoms with Crippen LogP contribution < -0.4 is 0 Å². The molecule has 0 saturated carbocycles. The van der Waals surface area contributed by atoms with Crippen LogP contribution in [0, 0.1) is 0 Å². The number of hydrogen-bond donors (Lipinski definition) is 0. The molecule has 0 heterocycles. The van der Waals surface area contributed by atoms with Crippen LogP contribution in [0.15, 0.2) is 24.3 Å². The predicted octanol–water partition coefficient (Wildman–Crippen LogP) is 5.36. The summed E-state index contributed by atoms with van der Waals surface area (Å²) in [4.78, 5) is 11.9. The van der Waals surface area contributed by atoms with Gasteiger partial charge in [0.2, 0.25) is 0 Å². The van der Waals surface area contributed by atoms with E-state index in [9.17, 15) is 22.5 Å². The van der Waals surface area contributed by atoms with E-state index in [1.807, 2.05) is 0 Å². The third-order valence-corrected chi connectivity index (χ3v) is 5.46. The molecule has 1 aromatic rings. The van der Waals surface area contributed by atoms with Gasteiger partial charge in [-0.25, -0.2) is 0 Å². The molecule has 0 aliphatic rings. The number of halogens is 3. The van der Waals surface area contributed by atoms with Gasteiger partial charge in [0.1, 0.15) is 6.10 Å². The molecule has 1 unspecified atom stereocenters. The summed E-state index contributed by atoms with van der Waals surface area (Å²) in [5, 5.41) is 0. The number of carbonyl (C=O) groups is 1. The van der Waals surface area contributed by atoms with Crippen molar-refractivity contribution in [3.8, 4) is 0 Å². The monoisotopic (exact) mass is 396 g/mol. The first-order valence-electron chi connectivity index (χ1n) is 8.40. The molecule has 0 spiro atoms. The maximum absolute atomic E-state index is 13.4. The first-order chi connectivity index (χ1) is 12.2. The van der Waals surface area contributed by atoms with Gasteiger partial charge in [0.15, 0.2) is 0 Å². The summed E-state index contributed by atoms with van der Waals surface area (Å²) in [6.07, 6.45) is -6.01. The van der Waals surface area contributed by atoms with Crippen LogP contribution in [0.1, 0.15) is 50.8 Å². The van der Waals surface area contributed by atoms with E-state index in [2.05, 4.69) is 0 Å². The van der Waals surface area contributed by atoms with Crippen molar-refractivity contribution in [2.24, 2.45) is 0 Å². The SMILES string of the molecule is CCCC(=O)OC(CP(=O)(OCC)OCC)c1ccccc1C(F)(F)F. The highest BCUT2D eigenvalue weighted by molar-refractivity contribution is 7.53. The number of benzene rings is 1. The Morgan fingerprint density at radius 2 is 1.69 bits per heavy atom. The van der Waals surface area contributed by atoms with Crippen molar-refractivity contribution in [2.45, 2.75) is 45.9 Å². The van der Waals surface area contributed by atoms with Crippen molar-refractivity contribution < 1.29 is 36.3 Å². The Balaban J connectivity index is 3.30. The highest BCUT2D eigenvalue weighted by atomic mass is 31.2. The van der Waals surface area contributed by atoms with Gasteiger partial charge in [-0.15, -0.1) is 0 Å². The first-order valence-corrected chi connectivity index (χ1v) is 10.1. The topological polar surface area (TPSA) is 61.8 Å². The van der Waals surface area contributed by atoms with Crippen molar-refractivity contribution in [3.05, 3.63) is 35.4 Å². The molecule has 0 aromatic heterocycles. The average Bonchev–Trinajstić information content (AvgIpc) is 2.54. The highest BCUT2D eigenvalue weighted by Gasteiger charge is 2.39. The number of ether oxygens (including phenoxy) is 1. The molecule has 0 saturated heterocycles. The summed E-state index contributed by atoms with van der Waals surface area (Å²) < 4.78 is 68.4. The van der Waals surface area contributed by atoms with Crippen LogP contribution in [0.25, 0.3) is 0 Å². The van der Waals surface area contributed by atoms with Gasteiger partial charge in [-0.2, -0.15) is 13.2 Å². The van der Waals surface area contributed by atoms with Gasteiger partial charge < -0.3 is 13.8 Å². The van der Waals surface area contributed by atoms with E-state index in [4.69, 9.17) is 13.8 Å². The molecule has 9 heteroatoms. The smallest absolute Gasteiger partial charge is 0.416 e. The number of alkyl halides is 3. The summed E-state index contributed by atoms with van der Waals surface area (Å²) in [6, 6.07) is 4.73. The Kier molecular flexibility index (Phi) is 8.80. The molecule has 0 N–H and O–H groups in total. The van der Waals surface area contributed by atoms with E-state index in [1.54, 1.807) is 20.8 Å². The van der Waals surface area contributed by atoms with E-state index < -0.39 is 37.6 Å². The number of esters is 1. The molecule has 148 valence electrons. The minimum absolute atomic E-state index is 0.0399. The van der Waals surface area contributed by atoms with Crippen molar-refractivity contribution in [1.29, 1.82) is 0 Å². The van der Waals surface area contributed by atoms with Crippen LogP contribution in [0.5, 0.6) is 0 Å². The van der Waals surface area contributed by atoms with E-state index in [1.165, 1.54) is 18.2 Å². The average molecular weight is 396 g/mol. The molecule has 0 amide bonds. The fourth-order valence-corrected chi connectivity index (χ4v) is 4.15. The maximum Gasteiger partial charge on any atom is 0.416 e. The molecule has 0 radical (unpaired) electrons. The Morgan fingerprint density at radius 3 is 2.19 bits per heavy atom. The van der Waals surface area contributed by atoms with Crippen molar-refractivity contribution in [3.63, 3.8) is 0 Å². The molecule has 1 atom stereocenters. The Bertz CT molecular complexity index is 623. The Labute approximate surface area is 151 Å². The lowest BCUT2D eigenvalue weighted by atomic mass is 10.0. The summed E-state index contributed by atoms with van der Waals surface area (Å²) in [5.41, 5.74) is -1.22. The van der Waals surface area contributed by atoms with E-state index >= 15 is 0 Å². The zero-order chi connectivity index (χ0) is 19.8. The van der Waals surface area contributed by atoms with Crippen LogP contribution in [0.3, 0.4) is 0 Å². The largest absolute Gasteiger partial charge is 0.457 e. The molecule has 0 bridgehead atoms. The van der Waals surface area contributed by atoms with Gasteiger partial charge >= 0.3 is 19.7 Å². The summed E-state index contributed by atoms with van der Waals surface area (Å²) in [6.45, 7) is 5.02. The standard InChI is InChI=1S/C17H24F3O5P/c1-4-9-16(21)25-15(12-26(22,23-5-2)24-6-3)13-10-7-8-11-14(13)17(18,19)20/h7-8,10-11,15H,4-6,9,12H2,1-3H3. The quantitative estimate of drug-likeness (QED) is 0.394. The van der Waals surface area contributed by atoms with Crippen LogP contribution in [0.2, 0.25) is 0 Å². The van der Waals surface area contributed by atoms with Gasteiger partial charge in [-0.05, 0) is 26.3 Å². The second-order valence-electron chi connectivity index (χ2n) is 5.44. The zero-order valence-electron chi connectivity index (χ0n) is 15.0. The van der Waals surface area contributed by atoms with E-state index in [0.717, 1.165) is 6.07 Å². The number of rotatable bonds is 10. The third-order valence-electron chi connectivity index (χ3n) is 3.38. The van der Waals surface area contributed by atoms with Crippen molar-refractivity contribution >= 4 is 13.6 Å². The first kappa shape index (κ1) is 22.7. The van der Waals surface area contributed by atoms with E-state index in [0.29, 0.717) is 6.42 Å². The van der Waals surface area contributed by atoms with Crippen LogP contribution in [-0.2, 0) is 29.3 Å².